The fraction of sp³-hybridized carbons (Fsp3) is 0.368. The summed E-state index contributed by atoms with van der Waals surface area (Å²) in [7, 11) is 0. The van der Waals surface area contributed by atoms with Crippen LogP contribution in [0.15, 0.2) is 58.5 Å². The van der Waals surface area contributed by atoms with Gasteiger partial charge in [-0.1, -0.05) is 70.4 Å². The summed E-state index contributed by atoms with van der Waals surface area (Å²) in [4.78, 5) is 3.56. The van der Waals surface area contributed by atoms with Crippen LogP contribution in [0.5, 0.6) is 0 Å². The molecule has 29 heavy (non-hydrogen) atoms. The van der Waals surface area contributed by atoms with Crippen LogP contribution in [-0.4, -0.2) is 41.5 Å². The van der Waals surface area contributed by atoms with Crippen molar-refractivity contribution in [2.24, 2.45) is 5.11 Å². The van der Waals surface area contributed by atoms with Crippen LogP contribution < -0.4 is 0 Å². The molecule has 0 radical (unpaired) electrons. The lowest BCUT2D eigenvalue weighted by molar-refractivity contribution is -0.297. The average Bonchev–Trinajstić information content (AvgIpc) is 2.74. The molecule has 6 atom stereocenters. The van der Waals surface area contributed by atoms with Crippen LogP contribution in [-0.2, 0) is 14.2 Å². The molecule has 0 bridgehead atoms. The van der Waals surface area contributed by atoms with Crippen LogP contribution in [0.25, 0.3) is 10.4 Å². The molecular formula is C19H17Cl2N3O4S. The van der Waals surface area contributed by atoms with Gasteiger partial charge in [-0.05, 0) is 23.7 Å². The lowest BCUT2D eigenvalue weighted by Gasteiger charge is -2.46. The second kappa shape index (κ2) is 9.12. The summed E-state index contributed by atoms with van der Waals surface area (Å²) in [6, 6.07) is 13.6. The Morgan fingerprint density at radius 2 is 1.93 bits per heavy atom. The summed E-state index contributed by atoms with van der Waals surface area (Å²) in [5, 5.41) is 15.7. The number of azide groups is 1. The van der Waals surface area contributed by atoms with Gasteiger partial charge in [0, 0.05) is 20.4 Å². The number of hydrogen-bond acceptors (Lipinski definition) is 6. The number of fused-ring (bicyclic) bond motifs is 1. The molecule has 3 unspecified atom stereocenters. The summed E-state index contributed by atoms with van der Waals surface area (Å²) < 4.78 is 17.9. The number of nitrogens with zero attached hydrogens (tertiary/aromatic N) is 3. The Labute approximate surface area is 181 Å². The Morgan fingerprint density at radius 3 is 2.69 bits per heavy atom. The second-order valence-electron chi connectivity index (χ2n) is 6.60. The molecule has 1 N–H and O–H groups in total. The van der Waals surface area contributed by atoms with Crippen molar-refractivity contribution in [2.45, 2.75) is 41.0 Å². The zero-order chi connectivity index (χ0) is 20.4. The Kier molecular flexibility index (Phi) is 6.53. The van der Waals surface area contributed by atoms with Gasteiger partial charge in [0.15, 0.2) is 6.29 Å². The minimum Gasteiger partial charge on any atom is -0.389 e. The third-order valence-electron chi connectivity index (χ3n) is 4.73. The van der Waals surface area contributed by atoms with Crippen LogP contribution in [0.3, 0.4) is 0 Å². The van der Waals surface area contributed by atoms with E-state index in [0.29, 0.717) is 14.9 Å². The SMILES string of the molecule is [N-]=[N+]=NC1[C@H]2OC(c3ccccc3)OCC2O[C@H](Sc2cc(Cl)ccc2Cl)[C@@H]1O. The first kappa shape index (κ1) is 20.8. The Balaban J connectivity index is 1.56. The number of hydrogen-bond donors (Lipinski definition) is 1. The molecule has 2 heterocycles. The van der Waals surface area contributed by atoms with E-state index in [1.807, 2.05) is 30.3 Å². The smallest absolute Gasteiger partial charge is 0.184 e. The van der Waals surface area contributed by atoms with E-state index >= 15 is 0 Å². The van der Waals surface area contributed by atoms with Crippen molar-refractivity contribution in [3.63, 3.8) is 0 Å². The maximum absolute atomic E-state index is 10.9. The topological polar surface area (TPSA) is 96.7 Å². The lowest BCUT2D eigenvalue weighted by atomic mass is 9.97. The first-order valence-corrected chi connectivity index (χ1v) is 10.5. The fourth-order valence-electron chi connectivity index (χ4n) is 3.34. The molecule has 0 spiro atoms. The molecule has 2 aromatic rings. The highest BCUT2D eigenvalue weighted by molar-refractivity contribution is 8.00. The molecule has 10 heteroatoms. The second-order valence-corrected chi connectivity index (χ2v) is 8.58. The number of aliphatic hydroxyl groups is 1. The molecule has 7 nitrogen and oxygen atoms in total. The van der Waals surface area contributed by atoms with Crippen molar-refractivity contribution < 1.29 is 19.3 Å². The summed E-state index contributed by atoms with van der Waals surface area (Å²) in [6.07, 6.45) is -2.89. The molecule has 2 fully saturated rings. The molecule has 2 saturated heterocycles. The van der Waals surface area contributed by atoms with Gasteiger partial charge in [0.2, 0.25) is 0 Å². The van der Waals surface area contributed by atoms with Gasteiger partial charge < -0.3 is 19.3 Å². The average molecular weight is 454 g/mol. The standard InChI is InChI=1S/C19H17Cl2N3O4S/c20-11-6-7-12(21)14(8-11)29-19-16(25)15(23-24-22)17-13(27-19)9-26-18(28-17)10-4-2-1-3-5-10/h1-8,13,15-19,25H,9H2/t13?,15?,16-,17+,18?,19-/m1/s1. The summed E-state index contributed by atoms with van der Waals surface area (Å²) in [5.41, 5.74) is 9.14. The van der Waals surface area contributed by atoms with Gasteiger partial charge >= 0.3 is 0 Å². The first-order chi connectivity index (χ1) is 14.1. The zero-order valence-corrected chi connectivity index (χ0v) is 17.3. The highest BCUT2D eigenvalue weighted by atomic mass is 35.5. The Morgan fingerprint density at radius 1 is 1.14 bits per heavy atom. The number of rotatable bonds is 4. The van der Waals surface area contributed by atoms with Gasteiger partial charge in [-0.2, -0.15) is 0 Å². The normalized spacial score (nSPS) is 31.6. The van der Waals surface area contributed by atoms with Crippen LogP contribution >= 0.6 is 35.0 Å². The van der Waals surface area contributed by atoms with Crippen molar-refractivity contribution in [1.29, 1.82) is 0 Å². The molecule has 152 valence electrons. The molecule has 4 rings (SSSR count). The molecule has 0 saturated carbocycles. The van der Waals surface area contributed by atoms with Gasteiger partial charge in [-0.15, -0.1) is 0 Å². The van der Waals surface area contributed by atoms with E-state index in [9.17, 15) is 5.11 Å². The van der Waals surface area contributed by atoms with Crippen molar-refractivity contribution in [1.82, 2.24) is 0 Å². The minimum atomic E-state index is -1.11. The Hall–Kier alpha value is -1.48. The van der Waals surface area contributed by atoms with Gasteiger partial charge in [0.1, 0.15) is 23.7 Å². The minimum absolute atomic E-state index is 0.231. The number of halogens is 2. The van der Waals surface area contributed by atoms with E-state index in [4.69, 9.17) is 42.9 Å². The summed E-state index contributed by atoms with van der Waals surface area (Å²) in [5.74, 6) is 0. The monoisotopic (exact) mass is 453 g/mol. The van der Waals surface area contributed by atoms with E-state index in [1.54, 1.807) is 18.2 Å². The lowest BCUT2D eigenvalue weighted by Crippen LogP contribution is -2.60. The van der Waals surface area contributed by atoms with E-state index in [0.717, 1.165) is 5.56 Å². The van der Waals surface area contributed by atoms with Gasteiger partial charge in [-0.25, -0.2) is 0 Å². The van der Waals surface area contributed by atoms with Crippen LogP contribution in [0.4, 0.5) is 0 Å². The van der Waals surface area contributed by atoms with E-state index in [2.05, 4.69) is 10.0 Å². The van der Waals surface area contributed by atoms with Gasteiger partial charge in [-0.3, -0.25) is 0 Å². The zero-order valence-electron chi connectivity index (χ0n) is 15.0. The molecule has 0 amide bonds. The van der Waals surface area contributed by atoms with Gasteiger partial charge in [0.05, 0.1) is 17.7 Å². The summed E-state index contributed by atoms with van der Waals surface area (Å²) in [6.45, 7) is 0.231. The van der Waals surface area contributed by atoms with E-state index < -0.39 is 36.1 Å². The van der Waals surface area contributed by atoms with Crippen molar-refractivity contribution >= 4 is 35.0 Å². The number of thioether (sulfide) groups is 1. The molecule has 2 aromatic carbocycles. The Bertz CT molecular complexity index is 916. The van der Waals surface area contributed by atoms with E-state index in [-0.39, 0.29) is 6.61 Å². The first-order valence-electron chi connectivity index (χ1n) is 8.88. The predicted octanol–water partition coefficient (Wildman–Crippen LogP) is 4.96. The third kappa shape index (κ3) is 4.50. The highest BCUT2D eigenvalue weighted by Crippen LogP contribution is 2.42. The molecule has 2 aliphatic rings. The largest absolute Gasteiger partial charge is 0.389 e. The fourth-order valence-corrected chi connectivity index (χ4v) is 4.95. The maximum atomic E-state index is 10.9. The maximum Gasteiger partial charge on any atom is 0.184 e. The van der Waals surface area contributed by atoms with Crippen LogP contribution in [0.1, 0.15) is 11.9 Å². The predicted molar refractivity (Wildman–Crippen MR) is 110 cm³/mol. The molecule has 0 aliphatic carbocycles. The molecule has 2 aliphatic heterocycles. The third-order valence-corrected chi connectivity index (χ3v) is 6.62. The summed E-state index contributed by atoms with van der Waals surface area (Å²) >= 11 is 13.5. The van der Waals surface area contributed by atoms with Crippen molar-refractivity contribution in [3.8, 4) is 0 Å². The van der Waals surface area contributed by atoms with Crippen molar-refractivity contribution in [2.75, 3.05) is 6.61 Å². The quantitative estimate of drug-likeness (QED) is 0.400. The molecule has 0 aromatic heterocycles. The van der Waals surface area contributed by atoms with E-state index in [1.165, 1.54) is 11.8 Å². The number of benzene rings is 2. The van der Waals surface area contributed by atoms with Crippen LogP contribution in [0, 0.1) is 0 Å². The van der Waals surface area contributed by atoms with Crippen LogP contribution in [0.2, 0.25) is 10.0 Å². The number of ether oxygens (including phenoxy) is 3. The van der Waals surface area contributed by atoms with Crippen molar-refractivity contribution in [3.05, 3.63) is 74.6 Å². The number of aliphatic hydroxyl groups excluding tert-OH is 1. The molecular weight excluding hydrogens is 437 g/mol. The van der Waals surface area contributed by atoms with Gasteiger partial charge in [0.25, 0.3) is 0 Å². The highest BCUT2D eigenvalue weighted by Gasteiger charge is 2.49.